The lowest BCUT2D eigenvalue weighted by Gasteiger charge is -2.27. The lowest BCUT2D eigenvalue weighted by atomic mass is 10.1. The summed E-state index contributed by atoms with van der Waals surface area (Å²) in [5, 5.41) is 3.73. The van der Waals surface area contributed by atoms with Crippen LogP contribution >= 0.6 is 23.2 Å². The number of rotatable bonds is 6. The second-order valence-corrected chi connectivity index (χ2v) is 10.6. The van der Waals surface area contributed by atoms with Gasteiger partial charge in [-0.05, 0) is 48.7 Å². The third kappa shape index (κ3) is 5.21. The summed E-state index contributed by atoms with van der Waals surface area (Å²) < 4.78 is 33.0. The van der Waals surface area contributed by atoms with E-state index in [9.17, 15) is 13.2 Å². The average molecular weight is 498 g/mol. The Balaban J connectivity index is 1.61. The van der Waals surface area contributed by atoms with Gasteiger partial charge in [-0.2, -0.15) is 4.31 Å². The Hall–Kier alpha value is -1.84. The average Bonchev–Trinajstić information content (AvgIpc) is 3.31. The van der Waals surface area contributed by atoms with Crippen molar-refractivity contribution in [3.63, 3.8) is 0 Å². The van der Waals surface area contributed by atoms with Gasteiger partial charge >= 0.3 is 0 Å². The first-order valence-electron chi connectivity index (χ1n) is 10.6. The summed E-state index contributed by atoms with van der Waals surface area (Å²) in [6.07, 6.45) is 2.21. The molecule has 0 aromatic heterocycles. The quantitative estimate of drug-likeness (QED) is 0.656. The Morgan fingerprint density at radius 2 is 1.69 bits per heavy atom. The number of amides is 1. The molecule has 0 unspecified atom stereocenters. The number of carbonyl (C=O) groups is 1. The van der Waals surface area contributed by atoms with E-state index in [4.69, 9.17) is 27.9 Å². The van der Waals surface area contributed by atoms with Gasteiger partial charge < -0.3 is 15.0 Å². The van der Waals surface area contributed by atoms with E-state index in [0.29, 0.717) is 42.0 Å². The van der Waals surface area contributed by atoms with Crippen LogP contribution in [0.5, 0.6) is 0 Å². The van der Waals surface area contributed by atoms with Crippen molar-refractivity contribution >= 4 is 50.5 Å². The molecule has 7 nitrogen and oxygen atoms in total. The maximum absolute atomic E-state index is 13.1. The smallest absolute Gasteiger partial charge is 0.243 e. The number of benzene rings is 2. The Kier molecular flexibility index (Phi) is 7.27. The third-order valence-corrected chi connectivity index (χ3v) is 8.28. The molecule has 2 aromatic carbocycles. The molecule has 4 rings (SSSR count). The maximum Gasteiger partial charge on any atom is 0.243 e. The summed E-state index contributed by atoms with van der Waals surface area (Å²) in [4.78, 5) is 15.2. The molecule has 2 fully saturated rings. The van der Waals surface area contributed by atoms with Gasteiger partial charge in [0, 0.05) is 26.2 Å². The summed E-state index contributed by atoms with van der Waals surface area (Å²) >= 11 is 12.0. The van der Waals surface area contributed by atoms with Crippen LogP contribution in [0.15, 0.2) is 41.3 Å². The van der Waals surface area contributed by atoms with Crippen LogP contribution in [0.4, 0.5) is 11.4 Å². The minimum absolute atomic E-state index is 0.0940. The molecule has 0 bridgehead atoms. The molecule has 2 aromatic rings. The van der Waals surface area contributed by atoms with Gasteiger partial charge in [-0.1, -0.05) is 29.3 Å². The van der Waals surface area contributed by atoms with Crippen LogP contribution in [0.2, 0.25) is 10.0 Å². The second-order valence-electron chi connectivity index (χ2n) is 7.86. The van der Waals surface area contributed by atoms with Crippen molar-refractivity contribution < 1.29 is 17.9 Å². The molecule has 32 heavy (non-hydrogen) atoms. The van der Waals surface area contributed by atoms with E-state index in [1.807, 2.05) is 0 Å². The van der Waals surface area contributed by atoms with Crippen molar-refractivity contribution in [1.82, 2.24) is 4.31 Å². The van der Waals surface area contributed by atoms with Crippen LogP contribution in [0.25, 0.3) is 0 Å². The minimum atomic E-state index is -3.68. The Morgan fingerprint density at radius 1 is 0.969 bits per heavy atom. The molecule has 2 aliphatic rings. The second kappa shape index (κ2) is 9.97. The monoisotopic (exact) mass is 497 g/mol. The van der Waals surface area contributed by atoms with Gasteiger partial charge in [-0.25, -0.2) is 8.42 Å². The molecule has 2 heterocycles. The van der Waals surface area contributed by atoms with Crippen LogP contribution in [0, 0.1) is 0 Å². The number of anilines is 2. The molecular weight excluding hydrogens is 473 g/mol. The molecule has 1 N–H and O–H groups in total. The number of nitrogens with zero attached hydrogens (tertiary/aromatic N) is 2. The van der Waals surface area contributed by atoms with Crippen LogP contribution in [-0.4, -0.2) is 58.0 Å². The van der Waals surface area contributed by atoms with E-state index in [-0.39, 0.29) is 17.2 Å². The zero-order chi connectivity index (χ0) is 22.7. The van der Waals surface area contributed by atoms with Gasteiger partial charge in [0.2, 0.25) is 15.9 Å². The number of sulfonamides is 1. The zero-order valence-corrected chi connectivity index (χ0v) is 19.8. The number of nitrogens with one attached hydrogen (secondary N) is 1. The van der Waals surface area contributed by atoms with Gasteiger partial charge in [-0.15, -0.1) is 0 Å². The first-order chi connectivity index (χ1) is 15.3. The molecule has 2 saturated heterocycles. The predicted octanol–water partition coefficient (Wildman–Crippen LogP) is 3.80. The van der Waals surface area contributed by atoms with Crippen LogP contribution < -0.4 is 10.2 Å². The van der Waals surface area contributed by atoms with Crippen molar-refractivity contribution in [2.45, 2.75) is 24.2 Å². The lowest BCUT2D eigenvalue weighted by Crippen LogP contribution is -2.40. The van der Waals surface area contributed by atoms with Crippen molar-refractivity contribution in [3.05, 3.63) is 52.0 Å². The van der Waals surface area contributed by atoms with Crippen molar-refractivity contribution in [3.8, 4) is 0 Å². The highest BCUT2D eigenvalue weighted by Gasteiger charge is 2.28. The van der Waals surface area contributed by atoms with Gasteiger partial charge in [0.25, 0.3) is 0 Å². The number of morpholine rings is 1. The molecule has 1 amide bonds. The van der Waals surface area contributed by atoms with Gasteiger partial charge in [0.05, 0.1) is 46.0 Å². The third-order valence-electron chi connectivity index (χ3n) is 5.65. The van der Waals surface area contributed by atoms with E-state index < -0.39 is 10.0 Å². The molecule has 0 aliphatic carbocycles. The van der Waals surface area contributed by atoms with Crippen molar-refractivity contribution in [1.29, 1.82) is 0 Å². The highest BCUT2D eigenvalue weighted by Crippen LogP contribution is 2.33. The zero-order valence-electron chi connectivity index (χ0n) is 17.5. The summed E-state index contributed by atoms with van der Waals surface area (Å²) in [5.41, 5.74) is 2.04. The van der Waals surface area contributed by atoms with Crippen molar-refractivity contribution in [2.75, 3.05) is 49.6 Å². The Labute approximate surface area is 198 Å². The van der Waals surface area contributed by atoms with E-state index >= 15 is 0 Å². The molecule has 0 atom stereocenters. The number of ether oxygens (including phenoxy) is 1. The normalized spacial score (nSPS) is 17.5. The summed E-state index contributed by atoms with van der Waals surface area (Å²) in [6.45, 7) is 3.11. The minimum Gasteiger partial charge on any atom is -0.379 e. The molecule has 172 valence electrons. The Bertz CT molecular complexity index is 1100. The van der Waals surface area contributed by atoms with Crippen LogP contribution in [0.3, 0.4) is 0 Å². The summed E-state index contributed by atoms with van der Waals surface area (Å²) in [7, 11) is -3.68. The molecule has 10 heteroatoms. The number of halogens is 2. The number of hydrogen-bond donors (Lipinski definition) is 1. The van der Waals surface area contributed by atoms with Gasteiger partial charge in [0.15, 0.2) is 0 Å². The molecule has 0 saturated carbocycles. The fourth-order valence-electron chi connectivity index (χ4n) is 3.97. The first-order valence-corrected chi connectivity index (χ1v) is 12.7. The van der Waals surface area contributed by atoms with Gasteiger partial charge in [0.1, 0.15) is 0 Å². The van der Waals surface area contributed by atoms with Gasteiger partial charge in [-0.3, -0.25) is 4.79 Å². The van der Waals surface area contributed by atoms with Crippen LogP contribution in [0.1, 0.15) is 18.4 Å². The maximum atomic E-state index is 13.1. The summed E-state index contributed by atoms with van der Waals surface area (Å²) in [5.74, 6) is -0.259. The molecule has 0 radical (unpaired) electrons. The highest BCUT2D eigenvalue weighted by atomic mass is 35.5. The molecular formula is C22H25Cl2N3O4S. The number of carbonyl (C=O) groups excluding carboxylic acids is 1. The summed E-state index contributed by atoms with van der Waals surface area (Å²) in [6, 6.07) is 10.0. The molecule has 0 spiro atoms. The predicted molar refractivity (Wildman–Crippen MR) is 126 cm³/mol. The lowest BCUT2D eigenvalue weighted by molar-refractivity contribution is -0.115. The largest absolute Gasteiger partial charge is 0.379 e. The fraction of sp³-hybridized carbons (Fsp3) is 0.409. The van der Waals surface area contributed by atoms with E-state index in [2.05, 4.69) is 10.2 Å². The topological polar surface area (TPSA) is 79.0 Å². The van der Waals surface area contributed by atoms with E-state index in [0.717, 1.165) is 37.2 Å². The van der Waals surface area contributed by atoms with Crippen molar-refractivity contribution in [2.24, 2.45) is 0 Å². The standard InChI is InChI=1S/C22H25Cl2N3O4S/c23-18-5-3-16(13-19(18)24)14-22(28)25-20-15-17(4-6-21(20)26-7-1-2-8-26)32(29,30)27-9-11-31-12-10-27/h3-6,13,15H,1-2,7-12,14H2,(H,25,28). The first kappa shape index (κ1) is 23.3. The van der Waals surface area contributed by atoms with E-state index in [1.165, 1.54) is 4.31 Å². The molecule has 2 aliphatic heterocycles. The van der Waals surface area contributed by atoms with E-state index in [1.54, 1.807) is 36.4 Å². The highest BCUT2D eigenvalue weighted by molar-refractivity contribution is 7.89. The fourth-order valence-corrected chi connectivity index (χ4v) is 5.73. The SMILES string of the molecule is O=C(Cc1ccc(Cl)c(Cl)c1)Nc1cc(S(=O)(=O)N2CCOCC2)ccc1N1CCCC1. The number of hydrogen-bond acceptors (Lipinski definition) is 5. The Morgan fingerprint density at radius 3 is 2.38 bits per heavy atom. The van der Waals surface area contributed by atoms with Crippen LogP contribution in [-0.2, 0) is 26.0 Å².